The second-order valence-corrected chi connectivity index (χ2v) is 1.11. The number of nitrogens with one attached hydrogen (secondary N) is 1. The van der Waals surface area contributed by atoms with Crippen LogP contribution in [0.2, 0.25) is 0 Å². The first-order chi connectivity index (χ1) is 2.77. The van der Waals surface area contributed by atoms with E-state index >= 15 is 0 Å². The first-order valence-corrected chi connectivity index (χ1v) is 1.57. The number of hydrogen-bond donors (Lipinski definition) is 1. The van der Waals surface area contributed by atoms with Crippen LogP contribution in [0.15, 0.2) is 0 Å². The Labute approximate surface area is 36.9 Å². The van der Waals surface area contributed by atoms with Crippen LogP contribution in [-0.4, -0.2) is 25.5 Å². The SMILES string of the molecule is CN(C)N[C]=O. The molecule has 3 nitrogen and oxygen atoms in total. The lowest BCUT2D eigenvalue weighted by molar-refractivity contribution is 0.348. The summed E-state index contributed by atoms with van der Waals surface area (Å²) in [5, 5.41) is 1.51. The number of amides is 1. The fourth-order valence-corrected chi connectivity index (χ4v) is 0.0913. The van der Waals surface area contributed by atoms with E-state index in [4.69, 9.17) is 0 Å². The summed E-state index contributed by atoms with van der Waals surface area (Å²) in [5.74, 6) is 0. The average Bonchev–Trinajstić information content (AvgIpc) is 1.35. The Morgan fingerprint density at radius 1 is 1.67 bits per heavy atom. The molecule has 0 unspecified atom stereocenters. The van der Waals surface area contributed by atoms with Crippen molar-refractivity contribution in [3.8, 4) is 0 Å². The molecule has 0 aromatic rings. The Balaban J connectivity index is 2.81. The number of hydrazine groups is 1. The highest BCUT2D eigenvalue weighted by Gasteiger charge is 1.76. The predicted octanol–water partition coefficient (Wildman–Crippen LogP) is -0.880. The van der Waals surface area contributed by atoms with Crippen molar-refractivity contribution in [3.05, 3.63) is 0 Å². The molecule has 0 rings (SSSR count). The minimum atomic E-state index is 1.49. The highest BCUT2D eigenvalue weighted by molar-refractivity contribution is 5.45. The van der Waals surface area contributed by atoms with Crippen LogP contribution in [0.3, 0.4) is 0 Å². The molecule has 0 aliphatic rings. The molecule has 1 radical (unpaired) electrons. The average molecular weight is 87.1 g/mol. The van der Waals surface area contributed by atoms with Gasteiger partial charge >= 0.3 is 6.41 Å². The van der Waals surface area contributed by atoms with Gasteiger partial charge in [0.25, 0.3) is 0 Å². The zero-order valence-corrected chi connectivity index (χ0v) is 3.86. The van der Waals surface area contributed by atoms with E-state index in [9.17, 15) is 4.79 Å². The topological polar surface area (TPSA) is 32.3 Å². The molecule has 0 aromatic heterocycles. The van der Waals surface area contributed by atoms with Gasteiger partial charge in [-0.1, -0.05) is 0 Å². The molecule has 0 heterocycles. The zero-order valence-electron chi connectivity index (χ0n) is 3.86. The van der Waals surface area contributed by atoms with E-state index in [2.05, 4.69) is 5.43 Å². The number of carbonyl (C=O) groups excluding carboxylic acids is 1. The maximum atomic E-state index is 9.34. The van der Waals surface area contributed by atoms with Gasteiger partial charge in [0.1, 0.15) is 0 Å². The molecule has 0 aliphatic heterocycles. The van der Waals surface area contributed by atoms with E-state index < -0.39 is 0 Å². The van der Waals surface area contributed by atoms with Crippen LogP contribution >= 0.6 is 0 Å². The van der Waals surface area contributed by atoms with Crippen LogP contribution in [-0.2, 0) is 4.79 Å². The van der Waals surface area contributed by atoms with Crippen LogP contribution in [0.1, 0.15) is 0 Å². The summed E-state index contributed by atoms with van der Waals surface area (Å²) in [4.78, 5) is 9.34. The monoisotopic (exact) mass is 87.1 g/mol. The van der Waals surface area contributed by atoms with Crippen molar-refractivity contribution < 1.29 is 4.79 Å². The molecule has 0 fully saturated rings. The Bertz CT molecular complexity index is 44.1. The highest BCUT2D eigenvalue weighted by atomic mass is 16.1. The van der Waals surface area contributed by atoms with E-state index in [1.807, 2.05) is 0 Å². The van der Waals surface area contributed by atoms with Crippen molar-refractivity contribution in [1.29, 1.82) is 0 Å². The highest BCUT2D eigenvalue weighted by Crippen LogP contribution is 1.51. The van der Waals surface area contributed by atoms with Crippen LogP contribution in [0.4, 0.5) is 0 Å². The second-order valence-electron chi connectivity index (χ2n) is 1.11. The Hall–Kier alpha value is -0.570. The molecular formula is C3H7N2O. The molecule has 6 heavy (non-hydrogen) atoms. The van der Waals surface area contributed by atoms with Gasteiger partial charge in [-0.15, -0.1) is 0 Å². The van der Waals surface area contributed by atoms with E-state index in [1.165, 1.54) is 11.4 Å². The third-order valence-corrected chi connectivity index (χ3v) is 0.269. The lowest BCUT2D eigenvalue weighted by Gasteiger charge is -2.02. The molecule has 1 amide bonds. The van der Waals surface area contributed by atoms with E-state index in [0.717, 1.165) is 0 Å². The molecule has 0 bridgehead atoms. The Morgan fingerprint density at radius 3 is 2.17 bits per heavy atom. The number of rotatable bonds is 2. The smallest absolute Gasteiger partial charge is 0.281 e. The molecule has 1 N–H and O–H groups in total. The van der Waals surface area contributed by atoms with Gasteiger partial charge in [0.05, 0.1) is 0 Å². The maximum Gasteiger partial charge on any atom is 0.324 e. The van der Waals surface area contributed by atoms with Gasteiger partial charge in [-0.3, -0.25) is 10.2 Å². The second kappa shape index (κ2) is 2.66. The van der Waals surface area contributed by atoms with Crippen LogP contribution in [0, 0.1) is 0 Å². The van der Waals surface area contributed by atoms with Crippen molar-refractivity contribution in [2.45, 2.75) is 0 Å². The van der Waals surface area contributed by atoms with E-state index in [-0.39, 0.29) is 0 Å². The standard InChI is InChI=1S/C3H7N2O/c1-5(2)4-3-6/h1-2H3,(H,4,6). The van der Waals surface area contributed by atoms with Gasteiger partial charge in [-0.05, 0) is 0 Å². The normalized spacial score (nSPS) is 8.50. The van der Waals surface area contributed by atoms with Crippen molar-refractivity contribution in [1.82, 2.24) is 10.4 Å². The van der Waals surface area contributed by atoms with Gasteiger partial charge in [-0.2, -0.15) is 0 Å². The summed E-state index contributed by atoms with van der Waals surface area (Å²) in [7, 11) is 3.43. The van der Waals surface area contributed by atoms with E-state index in [1.54, 1.807) is 14.1 Å². The van der Waals surface area contributed by atoms with Gasteiger partial charge in [-0.25, -0.2) is 5.01 Å². The van der Waals surface area contributed by atoms with Crippen LogP contribution in [0.5, 0.6) is 0 Å². The molecule has 0 aliphatic carbocycles. The van der Waals surface area contributed by atoms with Gasteiger partial charge in [0, 0.05) is 14.1 Å². The van der Waals surface area contributed by atoms with Crippen molar-refractivity contribution in [3.63, 3.8) is 0 Å². The number of nitrogens with zero attached hydrogens (tertiary/aromatic N) is 1. The summed E-state index contributed by atoms with van der Waals surface area (Å²) in [6.07, 6.45) is 1.49. The third kappa shape index (κ3) is 3.43. The van der Waals surface area contributed by atoms with Gasteiger partial charge < -0.3 is 0 Å². The van der Waals surface area contributed by atoms with Gasteiger partial charge in [0.15, 0.2) is 0 Å². The first-order valence-electron chi connectivity index (χ1n) is 1.57. The molecule has 0 atom stereocenters. The quantitative estimate of drug-likeness (QED) is 0.350. The third-order valence-electron chi connectivity index (χ3n) is 0.269. The Kier molecular flexibility index (Phi) is 2.40. The minimum absolute atomic E-state index is 1.49. The van der Waals surface area contributed by atoms with Crippen LogP contribution in [0.25, 0.3) is 0 Å². The first kappa shape index (κ1) is 5.43. The summed E-state index contributed by atoms with van der Waals surface area (Å²) in [6, 6.07) is 0. The number of hydrogen-bond acceptors (Lipinski definition) is 2. The fraction of sp³-hybridized carbons (Fsp3) is 0.667. The van der Waals surface area contributed by atoms with E-state index in [0.29, 0.717) is 0 Å². The summed E-state index contributed by atoms with van der Waals surface area (Å²) in [5.41, 5.74) is 2.24. The summed E-state index contributed by atoms with van der Waals surface area (Å²) >= 11 is 0. The van der Waals surface area contributed by atoms with Gasteiger partial charge in [0.2, 0.25) is 0 Å². The molecule has 3 heteroatoms. The summed E-state index contributed by atoms with van der Waals surface area (Å²) < 4.78 is 0. The molecule has 0 spiro atoms. The fourth-order valence-electron chi connectivity index (χ4n) is 0.0913. The lowest BCUT2D eigenvalue weighted by atomic mass is 11.1. The minimum Gasteiger partial charge on any atom is -0.281 e. The van der Waals surface area contributed by atoms with Crippen molar-refractivity contribution >= 4 is 6.41 Å². The van der Waals surface area contributed by atoms with Crippen molar-refractivity contribution in [2.24, 2.45) is 0 Å². The zero-order chi connectivity index (χ0) is 4.99. The van der Waals surface area contributed by atoms with Crippen molar-refractivity contribution in [2.75, 3.05) is 14.1 Å². The molecule has 0 saturated heterocycles. The maximum absolute atomic E-state index is 9.34. The predicted molar refractivity (Wildman–Crippen MR) is 22.5 cm³/mol. The molecule has 0 aromatic carbocycles. The Morgan fingerprint density at radius 2 is 2.17 bits per heavy atom. The largest absolute Gasteiger partial charge is 0.324 e. The summed E-state index contributed by atoms with van der Waals surface area (Å²) in [6.45, 7) is 0. The molecular weight excluding hydrogens is 80.0 g/mol. The van der Waals surface area contributed by atoms with Crippen LogP contribution < -0.4 is 5.43 Å². The lowest BCUT2D eigenvalue weighted by Crippen LogP contribution is -2.28. The molecule has 35 valence electrons. The molecule has 0 saturated carbocycles.